The molecule has 1 aliphatic heterocycles. The Balaban J connectivity index is 1.82. The molecule has 0 saturated heterocycles. The van der Waals surface area contributed by atoms with Gasteiger partial charge in [-0.05, 0) is 40.9 Å². The number of benzene rings is 1. The summed E-state index contributed by atoms with van der Waals surface area (Å²) in [5.74, 6) is 0.0987. The maximum absolute atomic E-state index is 12.0. The van der Waals surface area contributed by atoms with Gasteiger partial charge in [-0.2, -0.15) is 0 Å². The SMILES string of the molecule is O=C1O[C@H]([C@H]2CCCCC2=O)C(Br)=C1Oc1ccccc1. The molecule has 1 saturated carbocycles. The number of hydrogen-bond acceptors (Lipinski definition) is 4. The molecule has 1 heterocycles. The Hall–Kier alpha value is -1.62. The molecule has 0 radical (unpaired) electrons. The first kappa shape index (κ1) is 14.3. The topological polar surface area (TPSA) is 52.6 Å². The van der Waals surface area contributed by atoms with E-state index in [4.69, 9.17) is 9.47 Å². The molecule has 0 aromatic heterocycles. The zero-order chi connectivity index (χ0) is 14.8. The predicted octanol–water partition coefficient (Wildman–Crippen LogP) is 3.36. The van der Waals surface area contributed by atoms with Gasteiger partial charge in [0.15, 0.2) is 0 Å². The van der Waals surface area contributed by atoms with Crippen molar-refractivity contribution in [3.8, 4) is 5.75 Å². The van der Waals surface area contributed by atoms with Crippen molar-refractivity contribution in [2.75, 3.05) is 0 Å². The normalized spacial score (nSPS) is 26.0. The molecule has 21 heavy (non-hydrogen) atoms. The molecule has 0 amide bonds. The van der Waals surface area contributed by atoms with Crippen LogP contribution in [0.2, 0.25) is 0 Å². The molecule has 4 nitrogen and oxygen atoms in total. The van der Waals surface area contributed by atoms with Crippen LogP contribution in [0.4, 0.5) is 0 Å². The fourth-order valence-corrected chi connectivity index (χ4v) is 3.39. The van der Waals surface area contributed by atoms with Crippen molar-refractivity contribution >= 4 is 27.7 Å². The third-order valence-electron chi connectivity index (χ3n) is 3.82. The Labute approximate surface area is 131 Å². The Morgan fingerprint density at radius 2 is 1.90 bits per heavy atom. The minimum atomic E-state index is -0.538. The van der Waals surface area contributed by atoms with Crippen LogP contribution in [0, 0.1) is 5.92 Å². The highest BCUT2D eigenvalue weighted by Crippen LogP contribution is 2.38. The van der Waals surface area contributed by atoms with Crippen LogP contribution in [0.1, 0.15) is 25.7 Å². The molecule has 2 atom stereocenters. The van der Waals surface area contributed by atoms with Crippen LogP contribution < -0.4 is 4.74 Å². The molecule has 0 spiro atoms. The summed E-state index contributed by atoms with van der Waals surface area (Å²) in [5, 5.41) is 0. The summed E-state index contributed by atoms with van der Waals surface area (Å²) in [7, 11) is 0. The maximum Gasteiger partial charge on any atom is 0.375 e. The minimum absolute atomic E-state index is 0.143. The van der Waals surface area contributed by atoms with E-state index >= 15 is 0 Å². The first-order valence-corrected chi connectivity index (χ1v) is 7.82. The summed E-state index contributed by atoms with van der Waals surface area (Å²) < 4.78 is 11.5. The van der Waals surface area contributed by atoms with E-state index in [1.165, 1.54) is 0 Å². The average Bonchev–Trinajstić information content (AvgIpc) is 2.77. The van der Waals surface area contributed by atoms with E-state index in [0.717, 1.165) is 19.3 Å². The largest absolute Gasteiger partial charge is 0.450 e. The number of halogens is 1. The minimum Gasteiger partial charge on any atom is -0.450 e. The van der Waals surface area contributed by atoms with Crippen LogP contribution in [0.25, 0.3) is 0 Å². The molecule has 2 aliphatic rings. The van der Waals surface area contributed by atoms with Gasteiger partial charge in [-0.15, -0.1) is 0 Å². The predicted molar refractivity (Wildman–Crippen MR) is 79.9 cm³/mol. The Morgan fingerprint density at radius 3 is 2.62 bits per heavy atom. The van der Waals surface area contributed by atoms with Gasteiger partial charge in [-0.3, -0.25) is 4.79 Å². The van der Waals surface area contributed by atoms with Crippen LogP contribution in [-0.2, 0) is 14.3 Å². The number of ketones is 1. The molecule has 5 heteroatoms. The molecule has 0 N–H and O–H groups in total. The summed E-state index contributed by atoms with van der Waals surface area (Å²) >= 11 is 3.39. The number of esters is 1. The van der Waals surface area contributed by atoms with E-state index in [1.54, 1.807) is 12.1 Å². The first-order valence-electron chi connectivity index (χ1n) is 7.03. The number of carbonyl (C=O) groups is 2. The molecule has 0 bridgehead atoms. The smallest absolute Gasteiger partial charge is 0.375 e. The summed E-state index contributed by atoms with van der Waals surface area (Å²) in [6.45, 7) is 0. The van der Waals surface area contributed by atoms with Crippen LogP contribution in [-0.4, -0.2) is 17.9 Å². The lowest BCUT2D eigenvalue weighted by atomic mass is 9.84. The van der Waals surface area contributed by atoms with Gasteiger partial charge in [0, 0.05) is 6.42 Å². The van der Waals surface area contributed by atoms with E-state index in [2.05, 4.69) is 15.9 Å². The third-order valence-corrected chi connectivity index (χ3v) is 4.63. The van der Waals surface area contributed by atoms with Gasteiger partial charge in [0.25, 0.3) is 0 Å². The standard InChI is InChI=1S/C16H15BrO4/c17-13-14(11-8-4-5-9-12(11)18)21-16(19)15(13)20-10-6-2-1-3-7-10/h1-3,6-7,11,14H,4-5,8-9H2/t11-,14+/m0/s1. The van der Waals surface area contributed by atoms with Gasteiger partial charge in [0.05, 0.1) is 10.4 Å². The fourth-order valence-electron chi connectivity index (χ4n) is 2.73. The molecular weight excluding hydrogens is 336 g/mol. The molecule has 110 valence electrons. The van der Waals surface area contributed by atoms with E-state index in [-0.39, 0.29) is 17.5 Å². The third kappa shape index (κ3) is 2.88. The number of cyclic esters (lactones) is 1. The molecule has 1 aromatic rings. The lowest BCUT2D eigenvalue weighted by molar-refractivity contribution is -0.146. The highest BCUT2D eigenvalue weighted by Gasteiger charge is 2.43. The number of para-hydroxylation sites is 1. The number of Topliss-reactive ketones (excluding diaryl/α,β-unsaturated/α-hetero) is 1. The van der Waals surface area contributed by atoms with Crippen molar-refractivity contribution in [1.82, 2.24) is 0 Å². The molecule has 1 fully saturated rings. The summed E-state index contributed by atoms with van der Waals surface area (Å²) in [5.41, 5.74) is 0. The lowest BCUT2D eigenvalue weighted by Crippen LogP contribution is -2.31. The van der Waals surface area contributed by atoms with Crippen LogP contribution in [0.5, 0.6) is 5.75 Å². The van der Waals surface area contributed by atoms with Gasteiger partial charge in [-0.25, -0.2) is 4.79 Å². The summed E-state index contributed by atoms with van der Waals surface area (Å²) in [4.78, 5) is 24.0. The fraction of sp³-hybridized carbons (Fsp3) is 0.375. The van der Waals surface area contributed by atoms with Crippen LogP contribution in [0.15, 0.2) is 40.6 Å². The highest BCUT2D eigenvalue weighted by atomic mass is 79.9. The zero-order valence-corrected chi connectivity index (χ0v) is 13.0. The second-order valence-corrected chi connectivity index (χ2v) is 6.09. The first-order chi connectivity index (χ1) is 10.2. The highest BCUT2D eigenvalue weighted by molar-refractivity contribution is 9.11. The second-order valence-electron chi connectivity index (χ2n) is 5.24. The summed E-state index contributed by atoms with van der Waals surface area (Å²) in [6, 6.07) is 9.05. The maximum atomic E-state index is 12.0. The summed E-state index contributed by atoms with van der Waals surface area (Å²) in [6.07, 6.45) is 2.69. The number of rotatable bonds is 3. The second kappa shape index (κ2) is 6.02. The van der Waals surface area contributed by atoms with Crippen LogP contribution >= 0.6 is 15.9 Å². The van der Waals surface area contributed by atoms with Gasteiger partial charge >= 0.3 is 5.97 Å². The average molecular weight is 351 g/mol. The molecular formula is C16H15BrO4. The van der Waals surface area contributed by atoms with E-state index < -0.39 is 12.1 Å². The lowest BCUT2D eigenvalue weighted by Gasteiger charge is -2.25. The number of ether oxygens (including phenoxy) is 2. The number of carbonyl (C=O) groups excluding carboxylic acids is 2. The van der Waals surface area contributed by atoms with E-state index in [0.29, 0.717) is 16.7 Å². The zero-order valence-electron chi connectivity index (χ0n) is 11.4. The molecule has 0 unspecified atom stereocenters. The quantitative estimate of drug-likeness (QED) is 0.784. The van der Waals surface area contributed by atoms with Gasteiger partial charge < -0.3 is 9.47 Å². The van der Waals surface area contributed by atoms with Crippen LogP contribution in [0.3, 0.4) is 0 Å². The van der Waals surface area contributed by atoms with Gasteiger partial charge in [-0.1, -0.05) is 24.6 Å². The van der Waals surface area contributed by atoms with E-state index in [1.807, 2.05) is 18.2 Å². The van der Waals surface area contributed by atoms with Crippen molar-refractivity contribution in [3.05, 3.63) is 40.6 Å². The van der Waals surface area contributed by atoms with Crippen molar-refractivity contribution in [3.63, 3.8) is 0 Å². The molecule has 1 aliphatic carbocycles. The van der Waals surface area contributed by atoms with Crippen molar-refractivity contribution in [2.45, 2.75) is 31.8 Å². The molecule has 3 rings (SSSR count). The Bertz CT molecular complexity index is 594. The van der Waals surface area contributed by atoms with Crippen molar-refractivity contribution in [1.29, 1.82) is 0 Å². The van der Waals surface area contributed by atoms with Gasteiger partial charge in [0.2, 0.25) is 5.76 Å². The Morgan fingerprint density at radius 1 is 1.14 bits per heavy atom. The molecule has 1 aromatic carbocycles. The van der Waals surface area contributed by atoms with Gasteiger partial charge in [0.1, 0.15) is 17.6 Å². The number of hydrogen-bond donors (Lipinski definition) is 0. The Kier molecular flexibility index (Phi) is 4.10. The van der Waals surface area contributed by atoms with Crippen molar-refractivity contribution < 1.29 is 19.1 Å². The van der Waals surface area contributed by atoms with Crippen molar-refractivity contribution in [2.24, 2.45) is 5.92 Å². The monoisotopic (exact) mass is 350 g/mol. The van der Waals surface area contributed by atoms with E-state index in [9.17, 15) is 9.59 Å².